The molecule has 1 heterocycles. The van der Waals surface area contributed by atoms with E-state index in [1.165, 1.54) is 0 Å². The fourth-order valence-corrected chi connectivity index (χ4v) is 2.14. The molecule has 21 heavy (non-hydrogen) atoms. The SMILES string of the molecule is CCOC(=O)[C@H](O)[C@@H](O)c1cccn1Cc1ccccc1. The van der Waals surface area contributed by atoms with Crippen LogP contribution in [0.5, 0.6) is 0 Å². The minimum absolute atomic E-state index is 0.160. The number of ether oxygens (including phenoxy) is 1. The lowest BCUT2D eigenvalue weighted by molar-refractivity contribution is -0.159. The second kappa shape index (κ2) is 7.06. The van der Waals surface area contributed by atoms with Gasteiger partial charge < -0.3 is 19.5 Å². The molecule has 0 aliphatic rings. The molecule has 0 fully saturated rings. The number of benzene rings is 1. The number of aromatic nitrogens is 1. The van der Waals surface area contributed by atoms with Gasteiger partial charge in [0.25, 0.3) is 0 Å². The van der Waals surface area contributed by atoms with Crippen LogP contribution < -0.4 is 0 Å². The zero-order chi connectivity index (χ0) is 15.2. The highest BCUT2D eigenvalue weighted by Gasteiger charge is 2.28. The summed E-state index contributed by atoms with van der Waals surface area (Å²) in [7, 11) is 0. The first kappa shape index (κ1) is 15.3. The van der Waals surface area contributed by atoms with Gasteiger partial charge in [0.15, 0.2) is 6.10 Å². The Hall–Kier alpha value is -2.11. The molecule has 1 aromatic carbocycles. The molecule has 0 bridgehead atoms. The zero-order valence-electron chi connectivity index (χ0n) is 11.8. The number of nitrogens with zero attached hydrogens (tertiary/aromatic N) is 1. The standard InChI is InChI=1S/C16H19NO4/c1-2-21-16(20)15(19)14(18)13-9-6-10-17(13)11-12-7-4-3-5-8-12/h3-10,14-15,18-19H,2,11H2,1H3/t14-,15+/m0/s1. The summed E-state index contributed by atoms with van der Waals surface area (Å²) in [5.74, 6) is -0.822. The molecular weight excluding hydrogens is 270 g/mol. The highest BCUT2D eigenvalue weighted by molar-refractivity contribution is 5.75. The Morgan fingerprint density at radius 2 is 1.90 bits per heavy atom. The van der Waals surface area contributed by atoms with Gasteiger partial charge in [-0.05, 0) is 24.6 Å². The molecule has 0 saturated heterocycles. The number of hydrogen-bond donors (Lipinski definition) is 2. The summed E-state index contributed by atoms with van der Waals surface area (Å²) < 4.78 is 6.52. The van der Waals surface area contributed by atoms with E-state index < -0.39 is 18.2 Å². The summed E-state index contributed by atoms with van der Waals surface area (Å²) >= 11 is 0. The van der Waals surface area contributed by atoms with Crippen molar-refractivity contribution >= 4 is 5.97 Å². The van der Waals surface area contributed by atoms with Crippen molar-refractivity contribution in [2.45, 2.75) is 25.7 Å². The minimum atomic E-state index is -1.59. The van der Waals surface area contributed by atoms with Crippen LogP contribution in [-0.2, 0) is 16.1 Å². The van der Waals surface area contributed by atoms with Gasteiger partial charge in [0.1, 0.15) is 6.10 Å². The van der Waals surface area contributed by atoms with Crippen LogP contribution in [0.1, 0.15) is 24.3 Å². The first-order valence-corrected chi connectivity index (χ1v) is 6.85. The van der Waals surface area contributed by atoms with Crippen molar-refractivity contribution in [2.75, 3.05) is 6.61 Å². The van der Waals surface area contributed by atoms with Crippen molar-refractivity contribution < 1.29 is 19.7 Å². The predicted octanol–water partition coefficient (Wildman–Crippen LogP) is 1.49. The Morgan fingerprint density at radius 1 is 1.19 bits per heavy atom. The van der Waals surface area contributed by atoms with Gasteiger partial charge in [-0.25, -0.2) is 4.79 Å². The molecule has 2 atom stereocenters. The summed E-state index contributed by atoms with van der Waals surface area (Å²) in [5.41, 5.74) is 1.53. The zero-order valence-corrected chi connectivity index (χ0v) is 11.8. The molecular formula is C16H19NO4. The van der Waals surface area contributed by atoms with Gasteiger partial charge >= 0.3 is 5.97 Å². The lowest BCUT2D eigenvalue weighted by Crippen LogP contribution is -2.31. The third kappa shape index (κ3) is 3.71. The molecule has 1 aromatic heterocycles. The maximum absolute atomic E-state index is 11.5. The van der Waals surface area contributed by atoms with Crippen molar-refractivity contribution in [1.29, 1.82) is 0 Å². The predicted molar refractivity (Wildman–Crippen MR) is 77.6 cm³/mol. The number of esters is 1. The van der Waals surface area contributed by atoms with E-state index in [4.69, 9.17) is 4.74 Å². The molecule has 0 unspecified atom stereocenters. The van der Waals surface area contributed by atoms with Crippen LogP contribution in [0.15, 0.2) is 48.7 Å². The fourth-order valence-electron chi connectivity index (χ4n) is 2.14. The average Bonchev–Trinajstić information content (AvgIpc) is 2.95. The molecule has 0 aliphatic carbocycles. The lowest BCUT2D eigenvalue weighted by atomic mass is 10.1. The van der Waals surface area contributed by atoms with Crippen LogP contribution in [0.4, 0.5) is 0 Å². The lowest BCUT2D eigenvalue weighted by Gasteiger charge is -2.19. The van der Waals surface area contributed by atoms with E-state index in [0.717, 1.165) is 5.56 Å². The molecule has 5 nitrogen and oxygen atoms in total. The number of carbonyl (C=O) groups excluding carboxylic acids is 1. The number of carbonyl (C=O) groups is 1. The average molecular weight is 289 g/mol. The highest BCUT2D eigenvalue weighted by Crippen LogP contribution is 2.20. The maximum Gasteiger partial charge on any atom is 0.338 e. The molecule has 5 heteroatoms. The Balaban J connectivity index is 2.14. The number of rotatable bonds is 6. The van der Waals surface area contributed by atoms with Crippen molar-refractivity contribution in [3.8, 4) is 0 Å². The Labute approximate surface area is 123 Å². The molecule has 112 valence electrons. The molecule has 2 rings (SSSR count). The molecule has 2 N–H and O–H groups in total. The van der Waals surface area contributed by atoms with Gasteiger partial charge in [-0.2, -0.15) is 0 Å². The highest BCUT2D eigenvalue weighted by atomic mass is 16.5. The van der Waals surface area contributed by atoms with E-state index >= 15 is 0 Å². The third-order valence-electron chi connectivity index (χ3n) is 3.19. The summed E-state index contributed by atoms with van der Waals surface area (Å²) in [6, 6.07) is 13.2. The second-order valence-corrected chi connectivity index (χ2v) is 4.69. The first-order valence-electron chi connectivity index (χ1n) is 6.85. The van der Waals surface area contributed by atoms with Gasteiger partial charge in [-0.3, -0.25) is 0 Å². The molecule has 0 spiro atoms. The number of aliphatic hydroxyl groups excluding tert-OH is 2. The van der Waals surface area contributed by atoms with Gasteiger partial charge in [-0.15, -0.1) is 0 Å². The first-order chi connectivity index (χ1) is 10.1. The van der Waals surface area contributed by atoms with Crippen LogP contribution in [-0.4, -0.2) is 33.5 Å². The Bertz CT molecular complexity index is 579. The van der Waals surface area contributed by atoms with Gasteiger partial charge in [0.2, 0.25) is 0 Å². The third-order valence-corrected chi connectivity index (χ3v) is 3.19. The Kier molecular flexibility index (Phi) is 5.14. The van der Waals surface area contributed by atoms with E-state index in [-0.39, 0.29) is 6.61 Å². The van der Waals surface area contributed by atoms with E-state index in [9.17, 15) is 15.0 Å². The number of hydrogen-bond acceptors (Lipinski definition) is 4. The monoisotopic (exact) mass is 289 g/mol. The smallest absolute Gasteiger partial charge is 0.338 e. The normalized spacial score (nSPS) is 13.7. The van der Waals surface area contributed by atoms with Gasteiger partial charge in [0.05, 0.1) is 12.3 Å². The number of aliphatic hydroxyl groups is 2. The van der Waals surface area contributed by atoms with Crippen molar-refractivity contribution in [3.05, 3.63) is 59.9 Å². The van der Waals surface area contributed by atoms with Gasteiger partial charge in [-0.1, -0.05) is 30.3 Å². The topological polar surface area (TPSA) is 71.7 Å². The van der Waals surface area contributed by atoms with E-state index in [1.54, 1.807) is 29.8 Å². The van der Waals surface area contributed by atoms with E-state index in [0.29, 0.717) is 12.2 Å². The van der Waals surface area contributed by atoms with Crippen LogP contribution >= 0.6 is 0 Å². The summed E-state index contributed by atoms with van der Waals surface area (Å²) in [6.07, 6.45) is -1.11. The van der Waals surface area contributed by atoms with Crippen LogP contribution in [0.25, 0.3) is 0 Å². The molecule has 0 radical (unpaired) electrons. The molecule has 2 aromatic rings. The largest absolute Gasteiger partial charge is 0.464 e. The van der Waals surface area contributed by atoms with Crippen molar-refractivity contribution in [2.24, 2.45) is 0 Å². The van der Waals surface area contributed by atoms with Crippen LogP contribution in [0, 0.1) is 0 Å². The van der Waals surface area contributed by atoms with Gasteiger partial charge in [0, 0.05) is 12.7 Å². The van der Waals surface area contributed by atoms with Crippen LogP contribution in [0.3, 0.4) is 0 Å². The van der Waals surface area contributed by atoms with Crippen molar-refractivity contribution in [3.63, 3.8) is 0 Å². The molecule has 0 aliphatic heterocycles. The molecule has 0 amide bonds. The summed E-state index contributed by atoms with van der Waals surface area (Å²) in [4.78, 5) is 11.5. The second-order valence-electron chi connectivity index (χ2n) is 4.69. The minimum Gasteiger partial charge on any atom is -0.464 e. The Morgan fingerprint density at radius 3 is 2.57 bits per heavy atom. The quantitative estimate of drug-likeness (QED) is 0.790. The van der Waals surface area contributed by atoms with E-state index in [2.05, 4.69) is 0 Å². The summed E-state index contributed by atoms with van der Waals surface area (Å²) in [6.45, 7) is 2.36. The van der Waals surface area contributed by atoms with Crippen molar-refractivity contribution in [1.82, 2.24) is 4.57 Å². The maximum atomic E-state index is 11.5. The summed E-state index contributed by atoms with van der Waals surface area (Å²) in [5, 5.41) is 20.0. The molecule has 0 saturated carbocycles. The van der Waals surface area contributed by atoms with E-state index in [1.807, 2.05) is 30.3 Å². The van der Waals surface area contributed by atoms with Crippen LogP contribution in [0.2, 0.25) is 0 Å². The fraction of sp³-hybridized carbons (Fsp3) is 0.312.